The molecule has 0 aliphatic rings. The molecule has 6 nitrogen and oxygen atoms in total. The SMILES string of the molecule is Cc1cc(C(=O)O)cc(C(C)(C)C)c1[O-].Cc1cc(C(=O)O)cc(C(C)(C)C)c1[O-].[Zn+2]. The van der Waals surface area contributed by atoms with Crippen molar-refractivity contribution < 1.29 is 49.5 Å². The minimum atomic E-state index is -0.997. The van der Waals surface area contributed by atoms with E-state index in [-0.39, 0.29) is 52.9 Å². The van der Waals surface area contributed by atoms with Crippen LogP contribution in [0.25, 0.3) is 0 Å². The summed E-state index contributed by atoms with van der Waals surface area (Å²) >= 11 is 0. The second kappa shape index (κ2) is 10.3. The molecule has 0 amide bonds. The predicted molar refractivity (Wildman–Crippen MR) is 113 cm³/mol. The monoisotopic (exact) mass is 478 g/mol. The molecule has 0 aliphatic heterocycles. The molecular weight excluding hydrogens is 450 g/mol. The fraction of sp³-hybridized carbons (Fsp3) is 0.417. The van der Waals surface area contributed by atoms with E-state index < -0.39 is 11.9 Å². The summed E-state index contributed by atoms with van der Waals surface area (Å²) in [6.45, 7) is 14.7. The Morgan fingerprint density at radius 1 is 0.677 bits per heavy atom. The molecule has 0 radical (unpaired) electrons. The zero-order valence-corrected chi connectivity index (χ0v) is 22.5. The van der Waals surface area contributed by atoms with Gasteiger partial charge in [-0.05, 0) is 60.1 Å². The Hall–Kier alpha value is -2.40. The summed E-state index contributed by atoms with van der Waals surface area (Å²) in [4.78, 5) is 21.7. The topological polar surface area (TPSA) is 121 Å². The molecule has 31 heavy (non-hydrogen) atoms. The molecule has 0 unspecified atom stereocenters. The van der Waals surface area contributed by atoms with E-state index in [1.165, 1.54) is 24.3 Å². The first-order chi connectivity index (χ1) is 13.5. The van der Waals surface area contributed by atoms with Gasteiger partial charge in [0.1, 0.15) is 0 Å². The number of carboxylic acids is 2. The van der Waals surface area contributed by atoms with Crippen LogP contribution in [0, 0.1) is 13.8 Å². The first-order valence-electron chi connectivity index (χ1n) is 9.57. The smallest absolute Gasteiger partial charge is 0.872 e. The molecule has 164 valence electrons. The molecule has 0 bridgehead atoms. The number of hydrogen-bond acceptors (Lipinski definition) is 4. The van der Waals surface area contributed by atoms with Crippen molar-refractivity contribution in [1.82, 2.24) is 0 Å². The molecule has 0 spiro atoms. The number of carboxylic acid groups (broad SMARTS) is 2. The third-order valence-electron chi connectivity index (χ3n) is 4.66. The maximum Gasteiger partial charge on any atom is 2.00 e. The van der Waals surface area contributed by atoms with Gasteiger partial charge in [-0.1, -0.05) is 52.7 Å². The van der Waals surface area contributed by atoms with Crippen LogP contribution in [-0.2, 0) is 30.3 Å². The van der Waals surface area contributed by atoms with Gasteiger partial charge in [-0.15, -0.1) is 11.5 Å². The van der Waals surface area contributed by atoms with Gasteiger partial charge in [0.15, 0.2) is 0 Å². The molecular formula is C24H30O6Zn. The van der Waals surface area contributed by atoms with Crippen LogP contribution in [0.3, 0.4) is 0 Å². The fourth-order valence-electron chi connectivity index (χ4n) is 2.91. The van der Waals surface area contributed by atoms with Gasteiger partial charge >= 0.3 is 31.4 Å². The second-order valence-electron chi connectivity index (χ2n) is 9.45. The zero-order chi connectivity index (χ0) is 23.6. The maximum absolute atomic E-state index is 11.8. The van der Waals surface area contributed by atoms with Gasteiger partial charge in [0.25, 0.3) is 0 Å². The van der Waals surface area contributed by atoms with Crippen LogP contribution in [-0.4, -0.2) is 22.2 Å². The molecule has 0 saturated carbocycles. The van der Waals surface area contributed by atoms with Crippen LogP contribution >= 0.6 is 0 Å². The Labute approximate surface area is 196 Å². The number of benzene rings is 2. The van der Waals surface area contributed by atoms with E-state index in [0.717, 1.165) is 0 Å². The number of aryl methyl sites for hydroxylation is 2. The Morgan fingerprint density at radius 3 is 1.13 bits per heavy atom. The van der Waals surface area contributed by atoms with Crippen LogP contribution in [0.1, 0.15) is 84.5 Å². The van der Waals surface area contributed by atoms with Crippen molar-refractivity contribution in [2.24, 2.45) is 0 Å². The Kier molecular flexibility index (Phi) is 9.48. The van der Waals surface area contributed by atoms with Gasteiger partial charge in [0, 0.05) is 0 Å². The fourth-order valence-corrected chi connectivity index (χ4v) is 2.91. The van der Waals surface area contributed by atoms with Crippen molar-refractivity contribution >= 4 is 11.9 Å². The molecule has 0 atom stereocenters. The quantitative estimate of drug-likeness (QED) is 0.625. The van der Waals surface area contributed by atoms with Crippen molar-refractivity contribution in [3.63, 3.8) is 0 Å². The average Bonchev–Trinajstić information content (AvgIpc) is 2.57. The summed E-state index contributed by atoms with van der Waals surface area (Å²) in [5.41, 5.74) is 1.79. The van der Waals surface area contributed by atoms with E-state index in [1.54, 1.807) is 13.8 Å². The van der Waals surface area contributed by atoms with Crippen molar-refractivity contribution in [3.8, 4) is 11.5 Å². The third-order valence-corrected chi connectivity index (χ3v) is 4.66. The van der Waals surface area contributed by atoms with Crippen molar-refractivity contribution in [1.29, 1.82) is 0 Å². The normalized spacial score (nSPS) is 11.1. The van der Waals surface area contributed by atoms with Gasteiger partial charge in [-0.2, -0.15) is 0 Å². The Bertz CT molecular complexity index is 886. The number of rotatable bonds is 2. The summed E-state index contributed by atoms with van der Waals surface area (Å²) in [5.74, 6) is -2.12. The molecule has 2 N–H and O–H groups in total. The van der Waals surface area contributed by atoms with Gasteiger partial charge in [0.2, 0.25) is 0 Å². The number of aromatic carboxylic acids is 2. The van der Waals surface area contributed by atoms with Crippen molar-refractivity contribution in [2.75, 3.05) is 0 Å². The maximum atomic E-state index is 11.8. The number of carbonyl (C=O) groups is 2. The van der Waals surface area contributed by atoms with E-state index in [4.69, 9.17) is 10.2 Å². The van der Waals surface area contributed by atoms with E-state index in [9.17, 15) is 19.8 Å². The molecule has 0 saturated heterocycles. The van der Waals surface area contributed by atoms with E-state index in [1.807, 2.05) is 41.5 Å². The summed E-state index contributed by atoms with van der Waals surface area (Å²) in [6, 6.07) is 5.77. The van der Waals surface area contributed by atoms with Crippen molar-refractivity contribution in [2.45, 2.75) is 66.2 Å². The molecule has 2 aromatic carbocycles. The summed E-state index contributed by atoms with van der Waals surface area (Å²) in [7, 11) is 0. The largest absolute Gasteiger partial charge is 2.00 e. The van der Waals surface area contributed by atoms with Crippen LogP contribution in [0.4, 0.5) is 0 Å². The zero-order valence-electron chi connectivity index (χ0n) is 19.5. The van der Waals surface area contributed by atoms with Crippen LogP contribution < -0.4 is 10.2 Å². The summed E-state index contributed by atoms with van der Waals surface area (Å²) < 4.78 is 0. The molecule has 0 heterocycles. The Balaban J connectivity index is 0.000000562. The van der Waals surface area contributed by atoms with Crippen molar-refractivity contribution in [3.05, 3.63) is 57.6 Å². The number of hydrogen-bond donors (Lipinski definition) is 2. The standard InChI is InChI=1S/2C12H16O3.Zn/c2*1-7-5-8(11(14)15)6-9(10(7)13)12(2,3)4;/h2*5-6,13H,1-4H3,(H,14,15);/q;;+2/p-2. The molecule has 0 aromatic heterocycles. The van der Waals surface area contributed by atoms with Gasteiger partial charge in [0.05, 0.1) is 11.1 Å². The second-order valence-corrected chi connectivity index (χ2v) is 9.45. The van der Waals surface area contributed by atoms with Gasteiger partial charge in [-0.3, -0.25) is 0 Å². The van der Waals surface area contributed by atoms with Gasteiger partial charge in [-0.25, -0.2) is 9.59 Å². The first-order valence-corrected chi connectivity index (χ1v) is 9.57. The molecule has 0 aliphatic carbocycles. The van der Waals surface area contributed by atoms with E-state index in [2.05, 4.69) is 0 Å². The molecule has 2 aromatic rings. The summed E-state index contributed by atoms with van der Waals surface area (Å²) in [6.07, 6.45) is 0. The first kappa shape index (κ1) is 28.6. The third kappa shape index (κ3) is 7.35. The minimum Gasteiger partial charge on any atom is -0.872 e. The predicted octanol–water partition coefficient (Wildman–Crippen LogP) is 4.13. The molecule has 0 fully saturated rings. The van der Waals surface area contributed by atoms with E-state index in [0.29, 0.717) is 22.3 Å². The molecule has 7 heteroatoms. The van der Waals surface area contributed by atoms with Crippen LogP contribution in [0.2, 0.25) is 0 Å². The Morgan fingerprint density at radius 2 is 0.935 bits per heavy atom. The van der Waals surface area contributed by atoms with Crippen LogP contribution in [0.5, 0.6) is 11.5 Å². The minimum absolute atomic E-state index is 0. The average molecular weight is 480 g/mol. The van der Waals surface area contributed by atoms with Gasteiger partial charge < -0.3 is 20.4 Å². The summed E-state index contributed by atoms with van der Waals surface area (Å²) in [5, 5.41) is 41.4. The van der Waals surface area contributed by atoms with E-state index >= 15 is 0 Å². The van der Waals surface area contributed by atoms with Crippen LogP contribution in [0.15, 0.2) is 24.3 Å². The molecule has 2 rings (SSSR count).